The molecule has 0 radical (unpaired) electrons. The van der Waals surface area contributed by atoms with E-state index < -0.39 is 33.0 Å². The van der Waals surface area contributed by atoms with E-state index >= 15 is 0 Å². The maximum absolute atomic E-state index is 12.3. The normalized spacial score (nSPS) is 30.1. The van der Waals surface area contributed by atoms with Gasteiger partial charge in [-0.25, -0.2) is 8.42 Å². The molecule has 18 heavy (non-hydrogen) atoms. The van der Waals surface area contributed by atoms with Crippen molar-refractivity contribution in [2.24, 2.45) is 5.92 Å². The summed E-state index contributed by atoms with van der Waals surface area (Å²) in [6, 6.07) is 0. The lowest BCUT2D eigenvalue weighted by molar-refractivity contribution is -0.148. The smallest absolute Gasteiger partial charge is 0.480 e. The molecule has 0 amide bonds. The van der Waals surface area contributed by atoms with Crippen LogP contribution in [0.2, 0.25) is 0 Å². The van der Waals surface area contributed by atoms with Crippen LogP contribution in [0.3, 0.4) is 0 Å². The molecule has 1 fully saturated rings. The van der Waals surface area contributed by atoms with Crippen molar-refractivity contribution in [2.75, 3.05) is 0 Å². The highest BCUT2D eigenvalue weighted by atomic mass is 32.2. The fraction of sp³-hybridized carbons (Fsp3) is 0.889. The Bertz CT molecular complexity index is 434. The van der Waals surface area contributed by atoms with Crippen LogP contribution in [0.1, 0.15) is 32.6 Å². The van der Waals surface area contributed by atoms with Crippen LogP contribution in [0.15, 0.2) is 0 Å². The third kappa shape index (κ3) is 2.61. The van der Waals surface area contributed by atoms with E-state index in [4.69, 9.17) is 5.11 Å². The first-order chi connectivity index (χ1) is 8.03. The quantitative estimate of drug-likeness (QED) is 0.824. The molecule has 1 rings (SSSR count). The van der Waals surface area contributed by atoms with Gasteiger partial charge >= 0.3 is 21.5 Å². The van der Waals surface area contributed by atoms with E-state index in [9.17, 15) is 26.4 Å². The van der Waals surface area contributed by atoms with Gasteiger partial charge < -0.3 is 5.11 Å². The molecule has 1 saturated carbocycles. The van der Waals surface area contributed by atoms with Gasteiger partial charge in [0.15, 0.2) is 0 Å². The maximum atomic E-state index is 12.3. The number of hydrogen-bond acceptors (Lipinski definition) is 3. The second-order valence-electron chi connectivity index (χ2n) is 4.47. The van der Waals surface area contributed by atoms with E-state index in [0.717, 1.165) is 0 Å². The number of carbonyl (C=O) groups is 1. The van der Waals surface area contributed by atoms with Crippen LogP contribution in [0, 0.1) is 5.92 Å². The highest BCUT2D eigenvalue weighted by Gasteiger charge is 2.55. The maximum Gasteiger partial charge on any atom is 0.511 e. The molecule has 0 aliphatic heterocycles. The highest BCUT2D eigenvalue weighted by molar-refractivity contribution is 7.90. The van der Waals surface area contributed by atoms with E-state index in [-0.39, 0.29) is 6.42 Å². The summed E-state index contributed by atoms with van der Waals surface area (Å²) in [6.07, 6.45) is 1.27. The van der Waals surface area contributed by atoms with Gasteiger partial charge in [-0.1, -0.05) is 19.8 Å². The highest BCUT2D eigenvalue weighted by Crippen LogP contribution is 2.36. The van der Waals surface area contributed by atoms with Crippen molar-refractivity contribution in [3.05, 3.63) is 0 Å². The zero-order valence-corrected chi connectivity index (χ0v) is 10.4. The third-order valence-electron chi connectivity index (χ3n) is 3.30. The average Bonchev–Trinajstić information content (AvgIpc) is 2.19. The van der Waals surface area contributed by atoms with Gasteiger partial charge in [-0.3, -0.25) is 4.79 Å². The van der Waals surface area contributed by atoms with Gasteiger partial charge in [0, 0.05) is 0 Å². The predicted octanol–water partition coefficient (Wildman–Crippen LogP) is 1.46. The zero-order valence-electron chi connectivity index (χ0n) is 9.62. The average molecular weight is 289 g/mol. The van der Waals surface area contributed by atoms with Crippen molar-refractivity contribution in [3.8, 4) is 0 Å². The molecule has 2 unspecified atom stereocenters. The first kappa shape index (κ1) is 15.2. The summed E-state index contributed by atoms with van der Waals surface area (Å²) < 4.78 is 60.4. The van der Waals surface area contributed by atoms with Gasteiger partial charge in [-0.05, 0) is 18.8 Å². The predicted molar refractivity (Wildman–Crippen MR) is 56.1 cm³/mol. The minimum Gasteiger partial charge on any atom is -0.480 e. The van der Waals surface area contributed by atoms with Crippen molar-refractivity contribution < 1.29 is 31.5 Å². The molecule has 0 bridgehead atoms. The SMILES string of the molecule is CC1CCCCC1(NS(=O)(=O)C(F)(F)F)C(=O)O. The second kappa shape index (κ2) is 4.69. The van der Waals surface area contributed by atoms with Crippen molar-refractivity contribution in [2.45, 2.75) is 43.7 Å². The van der Waals surface area contributed by atoms with E-state index in [1.165, 1.54) is 11.6 Å². The number of aliphatic carboxylic acids is 1. The van der Waals surface area contributed by atoms with Crippen molar-refractivity contribution in [1.29, 1.82) is 0 Å². The van der Waals surface area contributed by atoms with Crippen LogP contribution in [-0.4, -0.2) is 30.5 Å². The first-order valence-electron chi connectivity index (χ1n) is 5.36. The van der Waals surface area contributed by atoms with Crippen molar-refractivity contribution in [3.63, 3.8) is 0 Å². The molecule has 0 saturated heterocycles. The summed E-state index contributed by atoms with van der Waals surface area (Å²) in [6.45, 7) is 1.44. The molecular formula is C9H14F3NO4S. The molecule has 0 aromatic carbocycles. The summed E-state index contributed by atoms with van der Waals surface area (Å²) in [4.78, 5) is 11.2. The van der Waals surface area contributed by atoms with Crippen LogP contribution < -0.4 is 4.72 Å². The Kier molecular flexibility index (Phi) is 3.97. The van der Waals surface area contributed by atoms with Gasteiger partial charge in [0.05, 0.1) is 0 Å². The number of hydrogen-bond donors (Lipinski definition) is 2. The molecule has 5 nitrogen and oxygen atoms in total. The first-order valence-corrected chi connectivity index (χ1v) is 6.85. The molecule has 9 heteroatoms. The van der Waals surface area contributed by atoms with Gasteiger partial charge in [0.2, 0.25) is 0 Å². The number of carboxylic acid groups (broad SMARTS) is 1. The Morgan fingerprint density at radius 2 is 1.94 bits per heavy atom. The molecule has 1 aliphatic carbocycles. The number of carboxylic acids is 1. The van der Waals surface area contributed by atoms with Gasteiger partial charge in [0.1, 0.15) is 5.54 Å². The Morgan fingerprint density at radius 3 is 2.33 bits per heavy atom. The van der Waals surface area contributed by atoms with Gasteiger partial charge in [-0.15, -0.1) is 0 Å². The van der Waals surface area contributed by atoms with Crippen LogP contribution in [0.25, 0.3) is 0 Å². The molecule has 2 atom stereocenters. The van der Waals surface area contributed by atoms with E-state index in [1.807, 2.05) is 0 Å². The molecule has 0 aromatic rings. The van der Waals surface area contributed by atoms with E-state index in [2.05, 4.69) is 0 Å². The monoisotopic (exact) mass is 289 g/mol. The second-order valence-corrected chi connectivity index (χ2v) is 6.15. The summed E-state index contributed by atoms with van der Waals surface area (Å²) in [5.74, 6) is -2.26. The van der Waals surface area contributed by atoms with Crippen LogP contribution >= 0.6 is 0 Å². The fourth-order valence-electron chi connectivity index (χ4n) is 2.16. The Hall–Kier alpha value is -0.830. The molecule has 1 aliphatic rings. The topological polar surface area (TPSA) is 83.5 Å². The molecule has 0 aromatic heterocycles. The number of nitrogens with one attached hydrogen (secondary N) is 1. The van der Waals surface area contributed by atoms with Crippen LogP contribution in [-0.2, 0) is 14.8 Å². The Morgan fingerprint density at radius 1 is 1.39 bits per heavy atom. The summed E-state index contributed by atoms with van der Waals surface area (Å²) in [5.41, 5.74) is -7.57. The largest absolute Gasteiger partial charge is 0.511 e. The third-order valence-corrected chi connectivity index (χ3v) is 4.54. The summed E-state index contributed by atoms with van der Waals surface area (Å²) >= 11 is 0. The number of sulfonamides is 1. The lowest BCUT2D eigenvalue weighted by atomic mass is 9.74. The molecule has 106 valence electrons. The standard InChI is InChI=1S/C9H14F3NO4S/c1-6-4-2-3-5-8(6,7(14)15)13-18(16,17)9(10,11)12/h6,13H,2-5H2,1H3,(H,14,15). The van der Waals surface area contributed by atoms with Crippen LogP contribution in [0.5, 0.6) is 0 Å². The summed E-state index contributed by atoms with van der Waals surface area (Å²) in [7, 11) is -5.66. The van der Waals surface area contributed by atoms with Crippen LogP contribution in [0.4, 0.5) is 13.2 Å². The summed E-state index contributed by atoms with van der Waals surface area (Å²) in [5, 5.41) is 9.09. The molecular weight excluding hydrogens is 275 g/mol. The van der Waals surface area contributed by atoms with Crippen molar-refractivity contribution >= 4 is 16.0 Å². The lowest BCUT2D eigenvalue weighted by Crippen LogP contribution is -2.61. The Labute approximate surface area is 102 Å². The molecule has 0 spiro atoms. The number of halogens is 3. The minimum absolute atomic E-state index is 0.140. The van der Waals surface area contributed by atoms with Crippen molar-refractivity contribution in [1.82, 2.24) is 4.72 Å². The lowest BCUT2D eigenvalue weighted by Gasteiger charge is -2.39. The molecule has 0 heterocycles. The molecule has 2 N–H and O–H groups in total. The Balaban J connectivity index is 3.12. The van der Waals surface area contributed by atoms with E-state index in [0.29, 0.717) is 19.3 Å². The zero-order chi connectivity index (χ0) is 14.2. The minimum atomic E-state index is -5.66. The number of rotatable bonds is 3. The van der Waals surface area contributed by atoms with Gasteiger partial charge in [0.25, 0.3) is 0 Å². The number of alkyl halides is 3. The van der Waals surface area contributed by atoms with E-state index in [1.54, 1.807) is 0 Å². The van der Waals surface area contributed by atoms with Gasteiger partial charge in [-0.2, -0.15) is 17.9 Å². The fourth-order valence-corrected chi connectivity index (χ4v) is 3.14.